The van der Waals surface area contributed by atoms with Gasteiger partial charge < -0.3 is 9.84 Å². The minimum Gasteiger partial charge on any atom is -0.488 e. The fourth-order valence-corrected chi connectivity index (χ4v) is 3.30. The average Bonchev–Trinajstić information content (AvgIpc) is 2.70. The van der Waals surface area contributed by atoms with Gasteiger partial charge in [0.2, 0.25) is 0 Å². The van der Waals surface area contributed by atoms with Gasteiger partial charge in [-0.2, -0.15) is 0 Å². The molecule has 0 bridgehead atoms. The summed E-state index contributed by atoms with van der Waals surface area (Å²) in [6.45, 7) is 0.410. The number of aliphatic carboxylic acids is 1. The molecule has 0 atom stereocenters. The lowest BCUT2D eigenvalue weighted by Gasteiger charge is -2.13. The van der Waals surface area contributed by atoms with Gasteiger partial charge in [0.25, 0.3) is 0 Å². The number of ether oxygens (including phenoxy) is 1. The van der Waals surface area contributed by atoms with Crippen LogP contribution in [0.15, 0.2) is 84.9 Å². The third-order valence-electron chi connectivity index (χ3n) is 4.59. The maximum atomic E-state index is 11.0. The van der Waals surface area contributed by atoms with Gasteiger partial charge >= 0.3 is 5.97 Å². The van der Waals surface area contributed by atoms with Crippen molar-refractivity contribution in [1.29, 1.82) is 0 Å². The maximum absolute atomic E-state index is 11.0. The Morgan fingerprint density at radius 3 is 2.26 bits per heavy atom. The molecule has 27 heavy (non-hydrogen) atoms. The van der Waals surface area contributed by atoms with E-state index in [0.29, 0.717) is 12.4 Å². The van der Waals surface area contributed by atoms with E-state index in [-0.39, 0.29) is 0 Å². The van der Waals surface area contributed by atoms with Crippen LogP contribution in [0.2, 0.25) is 0 Å². The molecule has 0 heterocycles. The number of carboxylic acid groups (broad SMARTS) is 1. The van der Waals surface area contributed by atoms with Gasteiger partial charge in [-0.25, -0.2) is 4.79 Å². The van der Waals surface area contributed by atoms with Crippen LogP contribution in [-0.2, 0) is 11.4 Å². The Morgan fingerprint density at radius 2 is 1.48 bits per heavy atom. The summed E-state index contributed by atoms with van der Waals surface area (Å²) >= 11 is 0. The second kappa shape index (κ2) is 7.34. The van der Waals surface area contributed by atoms with Gasteiger partial charge in [-0.1, -0.05) is 72.8 Å². The van der Waals surface area contributed by atoms with Crippen LogP contribution >= 0.6 is 0 Å². The van der Waals surface area contributed by atoms with Crippen molar-refractivity contribution in [3.05, 3.63) is 96.1 Å². The predicted molar refractivity (Wildman–Crippen MR) is 109 cm³/mol. The van der Waals surface area contributed by atoms with E-state index in [1.807, 2.05) is 54.6 Å². The highest BCUT2D eigenvalue weighted by Crippen LogP contribution is 2.30. The summed E-state index contributed by atoms with van der Waals surface area (Å²) in [6, 6.07) is 26.1. The Balaban J connectivity index is 1.73. The van der Waals surface area contributed by atoms with E-state index >= 15 is 0 Å². The summed E-state index contributed by atoms with van der Waals surface area (Å²) in [6.07, 6.45) is 2.75. The van der Waals surface area contributed by atoms with E-state index in [2.05, 4.69) is 24.3 Å². The molecule has 0 saturated heterocycles. The van der Waals surface area contributed by atoms with E-state index in [4.69, 9.17) is 9.84 Å². The Bertz CT molecular complexity index is 1150. The van der Waals surface area contributed by atoms with E-state index < -0.39 is 5.97 Å². The number of fused-ring (bicyclic) bond motifs is 2. The minimum atomic E-state index is -0.983. The third kappa shape index (κ3) is 3.53. The number of hydrogen-bond donors (Lipinski definition) is 1. The molecule has 0 radical (unpaired) electrons. The lowest BCUT2D eigenvalue weighted by atomic mass is 10.0. The minimum absolute atomic E-state index is 0.410. The summed E-state index contributed by atoms with van der Waals surface area (Å²) in [4.78, 5) is 11.0. The number of benzene rings is 4. The first-order valence-electron chi connectivity index (χ1n) is 8.74. The topological polar surface area (TPSA) is 46.5 Å². The zero-order valence-corrected chi connectivity index (χ0v) is 14.6. The van der Waals surface area contributed by atoms with Gasteiger partial charge in [0.05, 0.1) is 0 Å². The molecule has 3 nitrogen and oxygen atoms in total. The fraction of sp³-hybridized carbons (Fsp3) is 0.0417. The molecule has 0 spiro atoms. The third-order valence-corrected chi connectivity index (χ3v) is 4.59. The zero-order chi connectivity index (χ0) is 18.6. The van der Waals surface area contributed by atoms with Crippen LogP contribution in [0.5, 0.6) is 5.75 Å². The molecule has 3 heteroatoms. The van der Waals surface area contributed by atoms with Gasteiger partial charge in [-0.15, -0.1) is 0 Å². The second-order valence-corrected chi connectivity index (χ2v) is 6.30. The molecular formula is C24H18O3. The fourth-order valence-electron chi connectivity index (χ4n) is 3.30. The first-order valence-corrected chi connectivity index (χ1v) is 8.74. The molecule has 0 saturated carbocycles. The molecule has 0 aromatic heterocycles. The van der Waals surface area contributed by atoms with Crippen LogP contribution < -0.4 is 4.74 Å². The Morgan fingerprint density at radius 1 is 0.815 bits per heavy atom. The van der Waals surface area contributed by atoms with Crippen LogP contribution in [0.25, 0.3) is 27.6 Å². The molecule has 0 fully saturated rings. The van der Waals surface area contributed by atoms with Gasteiger partial charge in [0, 0.05) is 11.6 Å². The second-order valence-electron chi connectivity index (χ2n) is 6.30. The highest BCUT2D eigenvalue weighted by atomic mass is 16.5. The van der Waals surface area contributed by atoms with Crippen molar-refractivity contribution in [2.24, 2.45) is 0 Å². The van der Waals surface area contributed by atoms with Crippen molar-refractivity contribution >= 4 is 33.6 Å². The maximum Gasteiger partial charge on any atom is 0.328 e. The van der Waals surface area contributed by atoms with Gasteiger partial charge in [0.1, 0.15) is 12.4 Å². The van der Waals surface area contributed by atoms with Gasteiger partial charge in [-0.3, -0.25) is 0 Å². The molecule has 4 aromatic rings. The van der Waals surface area contributed by atoms with E-state index in [9.17, 15) is 4.79 Å². The van der Waals surface area contributed by atoms with Crippen molar-refractivity contribution in [2.45, 2.75) is 6.61 Å². The highest BCUT2D eigenvalue weighted by Gasteiger charge is 2.08. The molecule has 4 aromatic carbocycles. The standard InChI is InChI=1S/C24H18O3/c25-24(26)15-13-22-21-11-4-2-7-18(21)12-14-23(22)27-16-19-9-5-8-17-6-1-3-10-20(17)19/h1-15H,16H2,(H,25,26). The normalized spacial score (nSPS) is 11.3. The van der Waals surface area contributed by atoms with Crippen LogP contribution in [-0.4, -0.2) is 11.1 Å². The smallest absolute Gasteiger partial charge is 0.328 e. The van der Waals surface area contributed by atoms with Crippen molar-refractivity contribution in [3.8, 4) is 5.75 Å². The summed E-state index contributed by atoms with van der Waals surface area (Å²) in [5.74, 6) is -0.318. The van der Waals surface area contributed by atoms with Crippen molar-refractivity contribution < 1.29 is 14.6 Å². The SMILES string of the molecule is O=C(O)C=Cc1c(OCc2cccc3ccccc23)ccc2ccccc12. The molecule has 0 aliphatic heterocycles. The lowest BCUT2D eigenvalue weighted by molar-refractivity contribution is -0.131. The first-order chi connectivity index (χ1) is 13.2. The van der Waals surface area contributed by atoms with Crippen molar-refractivity contribution in [1.82, 2.24) is 0 Å². The number of rotatable bonds is 5. The summed E-state index contributed by atoms with van der Waals surface area (Å²) in [5.41, 5.74) is 1.87. The molecule has 1 N–H and O–H groups in total. The number of carboxylic acids is 1. The van der Waals surface area contributed by atoms with Crippen LogP contribution in [0, 0.1) is 0 Å². The summed E-state index contributed by atoms with van der Waals surface area (Å²) < 4.78 is 6.13. The molecule has 132 valence electrons. The molecule has 0 aliphatic rings. The largest absolute Gasteiger partial charge is 0.488 e. The quantitative estimate of drug-likeness (QED) is 0.470. The van der Waals surface area contributed by atoms with Crippen molar-refractivity contribution in [3.63, 3.8) is 0 Å². The monoisotopic (exact) mass is 354 g/mol. The van der Waals surface area contributed by atoms with Crippen LogP contribution in [0.3, 0.4) is 0 Å². The molecule has 0 unspecified atom stereocenters. The highest BCUT2D eigenvalue weighted by molar-refractivity contribution is 5.96. The van der Waals surface area contributed by atoms with Crippen LogP contribution in [0.4, 0.5) is 0 Å². The summed E-state index contributed by atoms with van der Waals surface area (Å²) in [5, 5.41) is 13.4. The Kier molecular flexibility index (Phi) is 4.58. The zero-order valence-electron chi connectivity index (χ0n) is 14.6. The van der Waals surface area contributed by atoms with E-state index in [0.717, 1.165) is 33.4 Å². The first kappa shape index (κ1) is 16.9. The van der Waals surface area contributed by atoms with Crippen LogP contribution in [0.1, 0.15) is 11.1 Å². The molecule has 0 amide bonds. The number of carbonyl (C=O) groups is 1. The molecular weight excluding hydrogens is 336 g/mol. The predicted octanol–water partition coefficient (Wildman–Crippen LogP) is 5.67. The van der Waals surface area contributed by atoms with Gasteiger partial charge in [-0.05, 0) is 39.3 Å². The Labute approximate surface area is 157 Å². The lowest BCUT2D eigenvalue weighted by Crippen LogP contribution is -1.99. The van der Waals surface area contributed by atoms with E-state index in [1.54, 1.807) is 6.08 Å². The van der Waals surface area contributed by atoms with E-state index in [1.165, 1.54) is 5.39 Å². The summed E-state index contributed by atoms with van der Waals surface area (Å²) in [7, 11) is 0. The average molecular weight is 354 g/mol. The van der Waals surface area contributed by atoms with Crippen molar-refractivity contribution in [2.75, 3.05) is 0 Å². The number of hydrogen-bond acceptors (Lipinski definition) is 2. The molecule has 0 aliphatic carbocycles. The molecule has 4 rings (SSSR count). The van der Waals surface area contributed by atoms with Gasteiger partial charge in [0.15, 0.2) is 0 Å². The Hall–Kier alpha value is -3.59.